The standard InChI is InChI=1S/C27H26N2O4/c1-4-13-33-21-9-5-7-19(15-21)25(30)23-24(20-8-6-12-28-16-20)29(27(32)26(23)31)22-11-10-17(2)14-18(22)3/h5-12,14-16,24,30H,4,13H2,1-3H3/b25-23+. The van der Waals surface area contributed by atoms with Crippen molar-refractivity contribution in [3.8, 4) is 5.75 Å². The molecule has 3 aromatic rings. The summed E-state index contributed by atoms with van der Waals surface area (Å²) in [6, 6.07) is 15.3. The van der Waals surface area contributed by atoms with E-state index in [4.69, 9.17) is 4.74 Å². The predicted molar refractivity (Wildman–Crippen MR) is 127 cm³/mol. The zero-order valence-corrected chi connectivity index (χ0v) is 18.9. The molecule has 0 aliphatic carbocycles. The average molecular weight is 443 g/mol. The van der Waals surface area contributed by atoms with Gasteiger partial charge < -0.3 is 9.84 Å². The number of hydrogen-bond acceptors (Lipinski definition) is 5. The number of aliphatic hydroxyl groups excluding tert-OH is 1. The Morgan fingerprint density at radius 2 is 1.91 bits per heavy atom. The molecular formula is C27H26N2O4. The van der Waals surface area contributed by atoms with Gasteiger partial charge in [0.1, 0.15) is 11.5 Å². The third-order valence-corrected chi connectivity index (χ3v) is 5.64. The van der Waals surface area contributed by atoms with Gasteiger partial charge in [0.05, 0.1) is 18.2 Å². The monoisotopic (exact) mass is 442 g/mol. The molecule has 1 amide bonds. The van der Waals surface area contributed by atoms with Gasteiger partial charge in [-0.3, -0.25) is 19.5 Å². The van der Waals surface area contributed by atoms with Crippen molar-refractivity contribution in [2.45, 2.75) is 33.2 Å². The number of amides is 1. The molecule has 0 saturated carbocycles. The van der Waals surface area contributed by atoms with Gasteiger partial charge in [0, 0.05) is 23.6 Å². The number of anilines is 1. The molecule has 168 valence electrons. The van der Waals surface area contributed by atoms with Crippen LogP contribution in [0.3, 0.4) is 0 Å². The van der Waals surface area contributed by atoms with E-state index in [1.807, 2.05) is 39.0 Å². The maximum Gasteiger partial charge on any atom is 0.300 e. The number of Topliss-reactive ketones (excluding diaryl/α,β-unsaturated/α-hetero) is 1. The zero-order chi connectivity index (χ0) is 23.5. The van der Waals surface area contributed by atoms with Crippen LogP contribution in [0, 0.1) is 13.8 Å². The highest BCUT2D eigenvalue weighted by molar-refractivity contribution is 6.51. The van der Waals surface area contributed by atoms with Crippen LogP contribution >= 0.6 is 0 Å². The van der Waals surface area contributed by atoms with Gasteiger partial charge in [0.2, 0.25) is 0 Å². The Kier molecular flexibility index (Phi) is 6.27. The lowest BCUT2D eigenvalue weighted by Crippen LogP contribution is -2.30. The summed E-state index contributed by atoms with van der Waals surface area (Å²) >= 11 is 0. The van der Waals surface area contributed by atoms with Crippen LogP contribution in [0.25, 0.3) is 5.76 Å². The number of aromatic nitrogens is 1. The summed E-state index contributed by atoms with van der Waals surface area (Å²) in [6.45, 7) is 6.41. The molecule has 4 rings (SSSR count). The molecule has 0 radical (unpaired) electrons. The lowest BCUT2D eigenvalue weighted by molar-refractivity contribution is -0.132. The van der Waals surface area contributed by atoms with Crippen molar-refractivity contribution in [2.24, 2.45) is 0 Å². The second-order valence-corrected chi connectivity index (χ2v) is 8.12. The molecule has 1 saturated heterocycles. The maximum absolute atomic E-state index is 13.3. The van der Waals surface area contributed by atoms with E-state index in [-0.39, 0.29) is 11.3 Å². The number of nitrogens with zero attached hydrogens (tertiary/aromatic N) is 2. The highest BCUT2D eigenvalue weighted by Crippen LogP contribution is 2.43. The predicted octanol–water partition coefficient (Wildman–Crippen LogP) is 5.11. The van der Waals surface area contributed by atoms with Crippen LogP contribution in [0.2, 0.25) is 0 Å². The summed E-state index contributed by atoms with van der Waals surface area (Å²) in [7, 11) is 0. The van der Waals surface area contributed by atoms with E-state index < -0.39 is 17.7 Å². The minimum Gasteiger partial charge on any atom is -0.507 e. The zero-order valence-electron chi connectivity index (χ0n) is 18.9. The number of carbonyl (C=O) groups excluding carboxylic acids is 2. The lowest BCUT2D eigenvalue weighted by atomic mass is 9.95. The third-order valence-electron chi connectivity index (χ3n) is 5.64. The Bertz CT molecular complexity index is 1230. The Morgan fingerprint density at radius 3 is 2.61 bits per heavy atom. The van der Waals surface area contributed by atoms with Crippen molar-refractivity contribution in [3.05, 3.63) is 94.8 Å². The topological polar surface area (TPSA) is 79.7 Å². The van der Waals surface area contributed by atoms with E-state index in [0.29, 0.717) is 29.2 Å². The van der Waals surface area contributed by atoms with Crippen molar-refractivity contribution >= 4 is 23.1 Å². The first kappa shape index (κ1) is 22.3. The number of pyridine rings is 1. The minimum absolute atomic E-state index is 0.0283. The third kappa shape index (κ3) is 4.24. The molecule has 2 aromatic carbocycles. The van der Waals surface area contributed by atoms with Crippen molar-refractivity contribution in [2.75, 3.05) is 11.5 Å². The molecule has 6 heteroatoms. The highest BCUT2D eigenvalue weighted by Gasteiger charge is 2.47. The SMILES string of the molecule is CCCOc1cccc(/C(O)=C2\C(=O)C(=O)N(c3ccc(C)cc3C)C2c2cccnc2)c1. The second-order valence-electron chi connectivity index (χ2n) is 8.12. The second kappa shape index (κ2) is 9.28. The van der Waals surface area contributed by atoms with Gasteiger partial charge in [0.15, 0.2) is 0 Å². The molecular weight excluding hydrogens is 416 g/mol. The van der Waals surface area contributed by atoms with Crippen molar-refractivity contribution in [1.82, 2.24) is 4.98 Å². The maximum atomic E-state index is 13.3. The van der Waals surface area contributed by atoms with Gasteiger partial charge in [-0.25, -0.2) is 0 Å². The number of ether oxygens (including phenoxy) is 1. The van der Waals surface area contributed by atoms with Crippen molar-refractivity contribution < 1.29 is 19.4 Å². The number of rotatable bonds is 6. The summed E-state index contributed by atoms with van der Waals surface area (Å²) in [4.78, 5) is 32.2. The fraction of sp³-hybridized carbons (Fsp3) is 0.222. The van der Waals surface area contributed by atoms with Gasteiger partial charge in [-0.1, -0.05) is 42.8 Å². The van der Waals surface area contributed by atoms with Crippen LogP contribution in [-0.4, -0.2) is 28.4 Å². The number of benzene rings is 2. The van der Waals surface area contributed by atoms with Gasteiger partial charge in [-0.2, -0.15) is 0 Å². The fourth-order valence-corrected chi connectivity index (χ4v) is 4.12. The Balaban J connectivity index is 1.90. The van der Waals surface area contributed by atoms with Crippen molar-refractivity contribution in [3.63, 3.8) is 0 Å². The molecule has 0 bridgehead atoms. The number of carbonyl (C=O) groups is 2. The average Bonchev–Trinajstić information content (AvgIpc) is 3.08. The van der Waals surface area contributed by atoms with Crippen LogP contribution in [0.15, 0.2) is 72.6 Å². The molecule has 2 heterocycles. The van der Waals surface area contributed by atoms with Crippen LogP contribution in [0.5, 0.6) is 5.75 Å². The molecule has 1 fully saturated rings. The first-order chi connectivity index (χ1) is 15.9. The van der Waals surface area contributed by atoms with Crippen LogP contribution in [0.1, 0.15) is 41.6 Å². The molecule has 6 nitrogen and oxygen atoms in total. The Morgan fingerprint density at radius 1 is 1.09 bits per heavy atom. The van der Waals surface area contributed by atoms with Crippen molar-refractivity contribution in [1.29, 1.82) is 0 Å². The smallest absolute Gasteiger partial charge is 0.300 e. The van der Waals surface area contributed by atoms with Crippen LogP contribution in [-0.2, 0) is 9.59 Å². The summed E-state index contributed by atoms with van der Waals surface area (Å²) in [5, 5.41) is 11.3. The van der Waals surface area contributed by atoms with Crippen LogP contribution < -0.4 is 9.64 Å². The van der Waals surface area contributed by atoms with Gasteiger partial charge in [-0.15, -0.1) is 0 Å². The van der Waals surface area contributed by atoms with E-state index in [2.05, 4.69) is 4.98 Å². The minimum atomic E-state index is -0.805. The number of ketones is 1. The molecule has 33 heavy (non-hydrogen) atoms. The van der Waals surface area contributed by atoms with Gasteiger partial charge in [0.25, 0.3) is 11.7 Å². The highest BCUT2D eigenvalue weighted by atomic mass is 16.5. The molecule has 1 unspecified atom stereocenters. The molecule has 0 spiro atoms. The molecule has 1 aliphatic heterocycles. The molecule has 1 aromatic heterocycles. The van der Waals surface area contributed by atoms with E-state index in [1.165, 1.54) is 4.90 Å². The first-order valence-corrected chi connectivity index (χ1v) is 10.9. The lowest BCUT2D eigenvalue weighted by Gasteiger charge is -2.26. The fourth-order valence-electron chi connectivity index (χ4n) is 4.12. The summed E-state index contributed by atoms with van der Waals surface area (Å²) in [5.41, 5.74) is 3.61. The van der Waals surface area contributed by atoms with E-state index in [1.54, 1.807) is 48.8 Å². The summed E-state index contributed by atoms with van der Waals surface area (Å²) in [6.07, 6.45) is 4.08. The molecule has 1 N–H and O–H groups in total. The quantitative estimate of drug-likeness (QED) is 0.326. The number of aryl methyl sites for hydroxylation is 2. The normalized spacial score (nSPS) is 17.4. The largest absolute Gasteiger partial charge is 0.507 e. The van der Waals surface area contributed by atoms with E-state index in [0.717, 1.165) is 17.5 Å². The molecule has 1 aliphatic rings. The summed E-state index contributed by atoms with van der Waals surface area (Å²) in [5.74, 6) is -1.07. The number of hydrogen-bond donors (Lipinski definition) is 1. The van der Waals surface area contributed by atoms with E-state index >= 15 is 0 Å². The van der Waals surface area contributed by atoms with Crippen LogP contribution in [0.4, 0.5) is 5.69 Å². The number of aliphatic hydroxyl groups is 1. The first-order valence-electron chi connectivity index (χ1n) is 10.9. The van der Waals surface area contributed by atoms with E-state index in [9.17, 15) is 14.7 Å². The Hall–Kier alpha value is -3.93. The Labute approximate surface area is 193 Å². The van der Waals surface area contributed by atoms with Gasteiger partial charge in [-0.05, 0) is 55.7 Å². The summed E-state index contributed by atoms with van der Waals surface area (Å²) < 4.78 is 5.68. The van der Waals surface area contributed by atoms with Gasteiger partial charge >= 0.3 is 0 Å². The molecule has 1 atom stereocenters.